The number of aliphatic hydroxyl groups is 2. The number of hydrogen-bond acceptors (Lipinski definition) is 3. The van der Waals surface area contributed by atoms with Gasteiger partial charge >= 0.3 is 0 Å². The van der Waals surface area contributed by atoms with Crippen molar-refractivity contribution in [2.45, 2.75) is 90.1 Å². The van der Waals surface area contributed by atoms with E-state index in [4.69, 9.17) is 4.43 Å². The molecule has 3 nitrogen and oxygen atoms in total. The molecular formula is C18H36O3Si. The Morgan fingerprint density at radius 1 is 1.18 bits per heavy atom. The van der Waals surface area contributed by atoms with Gasteiger partial charge in [-0.2, -0.15) is 0 Å². The summed E-state index contributed by atoms with van der Waals surface area (Å²) in [5, 5.41) is 20.8. The molecule has 5 atom stereocenters. The zero-order valence-electron chi connectivity index (χ0n) is 15.4. The lowest BCUT2D eigenvalue weighted by atomic mass is 9.62. The topological polar surface area (TPSA) is 49.7 Å². The van der Waals surface area contributed by atoms with Crippen molar-refractivity contribution in [3.63, 3.8) is 0 Å². The molecule has 4 heteroatoms. The molecule has 0 aromatic heterocycles. The third-order valence-electron chi connectivity index (χ3n) is 7.04. The lowest BCUT2D eigenvalue weighted by Crippen LogP contribution is -2.56. The van der Waals surface area contributed by atoms with E-state index in [1.165, 1.54) is 12.8 Å². The highest BCUT2D eigenvalue weighted by molar-refractivity contribution is 6.74. The molecule has 2 rings (SSSR count). The predicted molar refractivity (Wildman–Crippen MR) is 93.3 cm³/mol. The molecule has 0 aromatic carbocycles. The van der Waals surface area contributed by atoms with E-state index in [-0.39, 0.29) is 29.1 Å². The Bertz CT molecular complexity index is 390. The fourth-order valence-corrected chi connectivity index (χ4v) is 5.83. The summed E-state index contributed by atoms with van der Waals surface area (Å²) >= 11 is 0. The first-order valence-electron chi connectivity index (χ1n) is 9.03. The standard InChI is InChI=1S/C18H36O3Si/c1-13-8-7-9-15(21-22(5,6)17(2,3)4)18(13)11-10-14(12-19)16(18)20/h13-16,19-20H,7-12H2,1-6H3/t13-,14?,15-,16?,18-/m1/s1. The van der Waals surface area contributed by atoms with Gasteiger partial charge in [0.2, 0.25) is 0 Å². The number of aliphatic hydroxyl groups excluding tert-OH is 2. The van der Waals surface area contributed by atoms with Crippen LogP contribution in [-0.4, -0.2) is 37.3 Å². The van der Waals surface area contributed by atoms with Crippen molar-refractivity contribution in [1.82, 2.24) is 0 Å². The molecule has 0 amide bonds. The summed E-state index contributed by atoms with van der Waals surface area (Å²) in [5.41, 5.74) is -0.138. The van der Waals surface area contributed by atoms with Gasteiger partial charge in [-0.1, -0.05) is 34.1 Å². The minimum atomic E-state index is -1.85. The summed E-state index contributed by atoms with van der Waals surface area (Å²) in [6.45, 7) is 13.8. The average Bonchev–Trinajstić information content (AvgIpc) is 2.72. The summed E-state index contributed by atoms with van der Waals surface area (Å²) in [7, 11) is -1.85. The van der Waals surface area contributed by atoms with Gasteiger partial charge in [-0.15, -0.1) is 0 Å². The normalized spacial score (nSPS) is 40.4. The van der Waals surface area contributed by atoms with Crippen LogP contribution < -0.4 is 0 Å². The lowest BCUT2D eigenvalue weighted by Gasteiger charge is -2.52. The summed E-state index contributed by atoms with van der Waals surface area (Å²) in [6.07, 6.45) is 5.10. The second-order valence-electron chi connectivity index (χ2n) is 9.24. The second kappa shape index (κ2) is 6.19. The zero-order valence-corrected chi connectivity index (χ0v) is 16.4. The van der Waals surface area contributed by atoms with E-state index >= 15 is 0 Å². The highest BCUT2D eigenvalue weighted by atomic mass is 28.4. The average molecular weight is 329 g/mol. The quantitative estimate of drug-likeness (QED) is 0.771. The van der Waals surface area contributed by atoms with Gasteiger partial charge in [0.05, 0.1) is 12.2 Å². The van der Waals surface area contributed by atoms with Crippen LogP contribution in [0.25, 0.3) is 0 Å². The molecule has 0 bridgehead atoms. The minimum Gasteiger partial charge on any atom is -0.413 e. The molecule has 2 saturated carbocycles. The Labute approximate surface area is 137 Å². The number of hydrogen-bond donors (Lipinski definition) is 2. The predicted octanol–water partition coefficient (Wildman–Crippen LogP) is 3.95. The molecule has 0 saturated heterocycles. The fraction of sp³-hybridized carbons (Fsp3) is 1.00. The van der Waals surface area contributed by atoms with Crippen molar-refractivity contribution >= 4 is 8.32 Å². The summed E-state index contributed by atoms with van der Waals surface area (Å²) in [6, 6.07) is 0. The first-order valence-corrected chi connectivity index (χ1v) is 11.9. The lowest BCUT2D eigenvalue weighted by molar-refractivity contribution is -0.115. The molecule has 0 radical (unpaired) electrons. The van der Waals surface area contributed by atoms with Crippen molar-refractivity contribution in [2.24, 2.45) is 17.3 Å². The maximum Gasteiger partial charge on any atom is 0.192 e. The van der Waals surface area contributed by atoms with Gasteiger partial charge in [0, 0.05) is 17.9 Å². The third-order valence-corrected chi connectivity index (χ3v) is 11.5. The van der Waals surface area contributed by atoms with Gasteiger partial charge in [-0.3, -0.25) is 0 Å². The first-order chi connectivity index (χ1) is 10.1. The van der Waals surface area contributed by atoms with Gasteiger partial charge in [-0.25, -0.2) is 0 Å². The van der Waals surface area contributed by atoms with E-state index in [2.05, 4.69) is 40.8 Å². The van der Waals surface area contributed by atoms with Crippen molar-refractivity contribution < 1.29 is 14.6 Å². The van der Waals surface area contributed by atoms with Crippen LogP contribution in [0.4, 0.5) is 0 Å². The molecule has 22 heavy (non-hydrogen) atoms. The van der Waals surface area contributed by atoms with Crippen LogP contribution in [0.15, 0.2) is 0 Å². The Kier molecular flexibility index (Phi) is 5.19. The summed E-state index contributed by atoms with van der Waals surface area (Å²) < 4.78 is 6.81. The SMILES string of the molecule is C[C@@H]1CCC[C@@H](O[Si](C)(C)C(C)(C)C)[C@@]12CCC(CO)C2O. The van der Waals surface area contributed by atoms with E-state index in [1.54, 1.807) is 0 Å². The molecule has 2 unspecified atom stereocenters. The fourth-order valence-electron chi connectivity index (χ4n) is 4.43. The van der Waals surface area contributed by atoms with Crippen molar-refractivity contribution in [2.75, 3.05) is 6.61 Å². The maximum absolute atomic E-state index is 11.0. The Morgan fingerprint density at radius 3 is 2.32 bits per heavy atom. The first kappa shape index (κ1) is 18.4. The zero-order chi connectivity index (χ0) is 16.8. The maximum atomic E-state index is 11.0. The molecule has 2 fully saturated rings. The van der Waals surface area contributed by atoms with Crippen LogP contribution in [0.1, 0.15) is 59.8 Å². The van der Waals surface area contributed by atoms with Crippen LogP contribution in [0.3, 0.4) is 0 Å². The van der Waals surface area contributed by atoms with Crippen molar-refractivity contribution in [3.05, 3.63) is 0 Å². The Morgan fingerprint density at radius 2 is 1.82 bits per heavy atom. The molecular weight excluding hydrogens is 292 g/mol. The van der Waals surface area contributed by atoms with Crippen LogP contribution >= 0.6 is 0 Å². The smallest absolute Gasteiger partial charge is 0.192 e. The molecule has 2 aliphatic carbocycles. The van der Waals surface area contributed by atoms with E-state index in [9.17, 15) is 10.2 Å². The van der Waals surface area contributed by atoms with E-state index in [1.807, 2.05) is 0 Å². The highest BCUT2D eigenvalue weighted by Crippen LogP contribution is 2.56. The van der Waals surface area contributed by atoms with Crippen molar-refractivity contribution in [3.8, 4) is 0 Å². The molecule has 2 N–H and O–H groups in total. The van der Waals surface area contributed by atoms with Gasteiger partial charge in [-0.05, 0) is 49.7 Å². The summed E-state index contributed by atoms with van der Waals surface area (Å²) in [5.74, 6) is 0.508. The molecule has 0 aromatic rings. The van der Waals surface area contributed by atoms with E-state index in [0.29, 0.717) is 5.92 Å². The minimum absolute atomic E-state index is 0.0334. The monoisotopic (exact) mass is 328 g/mol. The second-order valence-corrected chi connectivity index (χ2v) is 14.0. The van der Waals surface area contributed by atoms with Gasteiger partial charge < -0.3 is 14.6 Å². The van der Waals surface area contributed by atoms with Gasteiger partial charge in [0.15, 0.2) is 8.32 Å². The largest absolute Gasteiger partial charge is 0.413 e. The van der Waals surface area contributed by atoms with E-state index in [0.717, 1.165) is 19.3 Å². The molecule has 0 aliphatic heterocycles. The van der Waals surface area contributed by atoms with Crippen LogP contribution in [0, 0.1) is 17.3 Å². The molecule has 130 valence electrons. The van der Waals surface area contributed by atoms with Crippen LogP contribution in [0.2, 0.25) is 18.1 Å². The van der Waals surface area contributed by atoms with Gasteiger partial charge in [0.25, 0.3) is 0 Å². The Hall–Kier alpha value is 0.0969. The van der Waals surface area contributed by atoms with Crippen molar-refractivity contribution in [1.29, 1.82) is 0 Å². The van der Waals surface area contributed by atoms with E-state index < -0.39 is 14.4 Å². The van der Waals surface area contributed by atoms with Gasteiger partial charge in [0.1, 0.15) is 0 Å². The third kappa shape index (κ3) is 2.92. The van der Waals surface area contributed by atoms with Crippen LogP contribution in [0.5, 0.6) is 0 Å². The molecule has 0 heterocycles. The molecule has 1 spiro atoms. The molecule has 2 aliphatic rings. The number of rotatable bonds is 3. The summed E-state index contributed by atoms with van der Waals surface area (Å²) in [4.78, 5) is 0. The Balaban J connectivity index is 2.29. The highest BCUT2D eigenvalue weighted by Gasteiger charge is 2.58. The van der Waals surface area contributed by atoms with Crippen LogP contribution in [-0.2, 0) is 4.43 Å².